The van der Waals surface area contributed by atoms with E-state index in [-0.39, 0.29) is 16.8 Å². The predicted molar refractivity (Wildman–Crippen MR) is 124 cm³/mol. The number of carbonyl (C=O) groups excluding carboxylic acids is 1. The molecule has 0 saturated carbocycles. The lowest BCUT2D eigenvalue weighted by molar-refractivity contribution is 0.0939. The minimum absolute atomic E-state index is 0.0507. The van der Waals surface area contributed by atoms with Crippen LogP contribution in [0, 0.1) is 0 Å². The van der Waals surface area contributed by atoms with Crippen molar-refractivity contribution in [2.45, 2.75) is 17.9 Å². The Kier molecular flexibility index (Phi) is 6.41. The first-order chi connectivity index (χ1) is 15.9. The number of fused-ring (bicyclic) bond motifs is 1. The van der Waals surface area contributed by atoms with Crippen LogP contribution in [0.1, 0.15) is 28.9 Å². The van der Waals surface area contributed by atoms with E-state index in [1.165, 1.54) is 31.4 Å². The molecule has 1 amide bonds. The quantitative estimate of drug-likeness (QED) is 0.547. The molecule has 0 aliphatic carbocycles. The topological polar surface area (TPSA) is 103 Å². The van der Waals surface area contributed by atoms with Gasteiger partial charge < -0.3 is 19.5 Å². The van der Waals surface area contributed by atoms with Gasteiger partial charge >= 0.3 is 0 Å². The van der Waals surface area contributed by atoms with Gasteiger partial charge in [-0.25, -0.2) is 8.42 Å². The van der Waals surface area contributed by atoms with Crippen molar-refractivity contribution < 1.29 is 27.4 Å². The lowest BCUT2D eigenvalue weighted by atomic mass is 10.1. The number of rotatable bonds is 7. The van der Waals surface area contributed by atoms with Gasteiger partial charge in [0.1, 0.15) is 19.0 Å². The molecule has 8 nitrogen and oxygen atoms in total. The van der Waals surface area contributed by atoms with E-state index in [2.05, 4.69) is 10.0 Å². The summed E-state index contributed by atoms with van der Waals surface area (Å²) < 4.78 is 44.0. The summed E-state index contributed by atoms with van der Waals surface area (Å²) in [6.45, 7) is 2.86. The Labute approximate surface area is 192 Å². The second-order valence-electron chi connectivity index (χ2n) is 7.46. The van der Waals surface area contributed by atoms with Gasteiger partial charge in [0.2, 0.25) is 0 Å². The van der Waals surface area contributed by atoms with E-state index in [0.29, 0.717) is 41.7 Å². The van der Waals surface area contributed by atoms with Gasteiger partial charge in [-0.3, -0.25) is 9.52 Å². The van der Waals surface area contributed by atoms with Crippen molar-refractivity contribution >= 4 is 21.6 Å². The zero-order valence-electron chi connectivity index (χ0n) is 18.2. The van der Waals surface area contributed by atoms with E-state index in [9.17, 15) is 13.2 Å². The zero-order chi connectivity index (χ0) is 23.4. The minimum atomic E-state index is -3.80. The lowest BCUT2D eigenvalue weighted by Crippen LogP contribution is -2.27. The van der Waals surface area contributed by atoms with Gasteiger partial charge in [0, 0.05) is 11.3 Å². The molecule has 3 aromatic carbocycles. The highest BCUT2D eigenvalue weighted by Gasteiger charge is 2.18. The molecule has 0 aromatic heterocycles. The molecular formula is C24H24N2O6S. The molecule has 33 heavy (non-hydrogen) atoms. The number of anilines is 1. The molecule has 9 heteroatoms. The molecule has 3 aromatic rings. The number of hydrogen-bond donors (Lipinski definition) is 2. The van der Waals surface area contributed by atoms with Crippen LogP contribution in [0.2, 0.25) is 0 Å². The lowest BCUT2D eigenvalue weighted by Gasteiger charge is -2.21. The van der Waals surface area contributed by atoms with Crippen LogP contribution in [0.25, 0.3) is 0 Å². The average molecular weight is 469 g/mol. The molecule has 0 fully saturated rings. The highest BCUT2D eigenvalue weighted by Crippen LogP contribution is 2.32. The van der Waals surface area contributed by atoms with Crippen molar-refractivity contribution in [3.8, 4) is 17.2 Å². The summed E-state index contributed by atoms with van der Waals surface area (Å²) >= 11 is 0. The summed E-state index contributed by atoms with van der Waals surface area (Å²) in [4.78, 5) is 12.7. The molecule has 2 N–H and O–H groups in total. The summed E-state index contributed by atoms with van der Waals surface area (Å²) in [6.07, 6.45) is 0. The number of carbonyl (C=O) groups is 1. The van der Waals surface area contributed by atoms with Crippen molar-refractivity contribution in [2.75, 3.05) is 25.0 Å². The maximum atomic E-state index is 12.7. The van der Waals surface area contributed by atoms with Crippen LogP contribution in [-0.4, -0.2) is 34.6 Å². The Balaban J connectivity index is 1.42. The third kappa shape index (κ3) is 5.20. The summed E-state index contributed by atoms with van der Waals surface area (Å²) in [5.74, 6) is 1.64. The van der Waals surface area contributed by atoms with E-state index < -0.39 is 10.0 Å². The molecular weight excluding hydrogens is 444 g/mol. The highest BCUT2D eigenvalue weighted by atomic mass is 32.2. The molecule has 1 atom stereocenters. The molecule has 0 radical (unpaired) electrons. The third-order valence-electron chi connectivity index (χ3n) is 5.18. The number of ether oxygens (including phenoxy) is 3. The van der Waals surface area contributed by atoms with Crippen LogP contribution < -0.4 is 24.2 Å². The van der Waals surface area contributed by atoms with Gasteiger partial charge in [-0.05, 0) is 73.2 Å². The van der Waals surface area contributed by atoms with E-state index in [4.69, 9.17) is 14.2 Å². The van der Waals surface area contributed by atoms with Crippen LogP contribution >= 0.6 is 0 Å². The molecule has 4 rings (SSSR count). The van der Waals surface area contributed by atoms with Gasteiger partial charge in [0.05, 0.1) is 18.0 Å². The molecule has 1 aliphatic rings. The van der Waals surface area contributed by atoms with Gasteiger partial charge in [-0.15, -0.1) is 0 Å². The summed E-state index contributed by atoms with van der Waals surface area (Å²) in [5, 5.41) is 2.92. The van der Waals surface area contributed by atoms with Crippen molar-refractivity contribution in [1.82, 2.24) is 5.32 Å². The molecule has 1 aliphatic heterocycles. The monoisotopic (exact) mass is 468 g/mol. The van der Waals surface area contributed by atoms with E-state index >= 15 is 0 Å². The Morgan fingerprint density at radius 2 is 1.61 bits per heavy atom. The first-order valence-corrected chi connectivity index (χ1v) is 11.8. The number of sulfonamides is 1. The zero-order valence-corrected chi connectivity index (χ0v) is 19.0. The number of benzene rings is 3. The van der Waals surface area contributed by atoms with Crippen molar-refractivity contribution in [3.63, 3.8) is 0 Å². The minimum Gasteiger partial charge on any atom is -0.497 e. The Morgan fingerprint density at radius 1 is 0.939 bits per heavy atom. The van der Waals surface area contributed by atoms with Gasteiger partial charge in [0.25, 0.3) is 15.9 Å². The maximum absolute atomic E-state index is 12.7. The van der Waals surface area contributed by atoms with Crippen LogP contribution in [0.3, 0.4) is 0 Å². The second kappa shape index (κ2) is 9.41. The molecule has 172 valence electrons. The molecule has 1 unspecified atom stereocenters. The molecule has 0 saturated heterocycles. The SMILES string of the molecule is COc1ccc(NS(=O)(=O)c2ccc(C(=O)NC(C)c3ccc4c(c3)OCCO4)cc2)cc1. The van der Waals surface area contributed by atoms with Crippen LogP contribution in [-0.2, 0) is 10.0 Å². The predicted octanol–water partition coefficient (Wildman–Crippen LogP) is 3.76. The van der Waals surface area contributed by atoms with Crippen LogP contribution in [0.15, 0.2) is 71.6 Å². The Morgan fingerprint density at radius 3 is 2.27 bits per heavy atom. The maximum Gasteiger partial charge on any atom is 0.261 e. The van der Waals surface area contributed by atoms with Crippen LogP contribution in [0.5, 0.6) is 17.2 Å². The summed E-state index contributed by atoms with van der Waals surface area (Å²) in [5.41, 5.74) is 1.63. The smallest absolute Gasteiger partial charge is 0.261 e. The standard InChI is InChI=1S/C24H24N2O6S/c1-16(18-5-12-22-23(15-18)32-14-13-31-22)25-24(27)17-3-10-21(11-4-17)33(28,29)26-19-6-8-20(30-2)9-7-19/h3-12,15-16,26H,13-14H2,1-2H3,(H,25,27). The fraction of sp³-hybridized carbons (Fsp3) is 0.208. The normalized spacial score (nSPS) is 13.6. The molecule has 0 spiro atoms. The van der Waals surface area contributed by atoms with Crippen molar-refractivity contribution in [1.29, 1.82) is 0 Å². The Bertz CT molecular complexity index is 1240. The van der Waals surface area contributed by atoms with E-state index in [1.807, 2.05) is 25.1 Å². The number of nitrogens with one attached hydrogen (secondary N) is 2. The fourth-order valence-electron chi connectivity index (χ4n) is 3.35. The molecule has 1 heterocycles. The fourth-order valence-corrected chi connectivity index (χ4v) is 4.41. The second-order valence-corrected chi connectivity index (χ2v) is 9.14. The number of hydrogen-bond acceptors (Lipinski definition) is 6. The van der Waals surface area contributed by atoms with Crippen LogP contribution in [0.4, 0.5) is 5.69 Å². The first kappa shape index (κ1) is 22.5. The molecule has 0 bridgehead atoms. The van der Waals surface area contributed by atoms with Crippen molar-refractivity contribution in [2.24, 2.45) is 0 Å². The van der Waals surface area contributed by atoms with E-state index in [1.54, 1.807) is 24.3 Å². The highest BCUT2D eigenvalue weighted by molar-refractivity contribution is 7.92. The largest absolute Gasteiger partial charge is 0.497 e. The third-order valence-corrected chi connectivity index (χ3v) is 6.58. The van der Waals surface area contributed by atoms with Gasteiger partial charge in [-0.2, -0.15) is 0 Å². The Hall–Kier alpha value is -3.72. The summed E-state index contributed by atoms with van der Waals surface area (Å²) in [6, 6.07) is 17.6. The average Bonchev–Trinajstić information content (AvgIpc) is 2.84. The van der Waals surface area contributed by atoms with Crippen molar-refractivity contribution in [3.05, 3.63) is 77.9 Å². The number of amides is 1. The number of methoxy groups -OCH3 is 1. The van der Waals surface area contributed by atoms with E-state index in [0.717, 1.165) is 5.56 Å². The first-order valence-electron chi connectivity index (χ1n) is 10.3. The van der Waals surface area contributed by atoms with Gasteiger partial charge in [-0.1, -0.05) is 6.07 Å². The summed E-state index contributed by atoms with van der Waals surface area (Å²) in [7, 11) is -2.26. The van der Waals surface area contributed by atoms with Gasteiger partial charge in [0.15, 0.2) is 11.5 Å².